The summed E-state index contributed by atoms with van der Waals surface area (Å²) in [5.41, 5.74) is 0. The third-order valence-corrected chi connectivity index (χ3v) is 6.01. The van der Waals surface area contributed by atoms with E-state index in [-0.39, 0.29) is 5.75 Å². The first-order valence-corrected chi connectivity index (χ1v) is 8.71. The van der Waals surface area contributed by atoms with Crippen LogP contribution in [0.3, 0.4) is 0 Å². The molecule has 19 heavy (non-hydrogen) atoms. The molecule has 0 radical (unpaired) electrons. The SMILES string of the molecule is CC1CN(S(=O)(=O)CCN2CCNCC2)CCN1C. The Morgan fingerprint density at radius 1 is 1.16 bits per heavy atom. The highest BCUT2D eigenvalue weighted by atomic mass is 32.2. The molecule has 7 heteroatoms. The first-order chi connectivity index (χ1) is 8.99. The fraction of sp³-hybridized carbons (Fsp3) is 1.00. The number of rotatable bonds is 4. The highest BCUT2D eigenvalue weighted by Crippen LogP contribution is 2.12. The Labute approximate surface area is 116 Å². The molecule has 2 heterocycles. The van der Waals surface area contributed by atoms with E-state index in [0.29, 0.717) is 25.7 Å². The van der Waals surface area contributed by atoms with Crippen LogP contribution in [0.4, 0.5) is 0 Å². The summed E-state index contributed by atoms with van der Waals surface area (Å²) in [6, 6.07) is 0.308. The average Bonchev–Trinajstić information content (AvgIpc) is 2.41. The van der Waals surface area contributed by atoms with E-state index in [9.17, 15) is 8.42 Å². The molecule has 0 aromatic carbocycles. The van der Waals surface area contributed by atoms with Crippen molar-refractivity contribution in [1.82, 2.24) is 19.4 Å². The monoisotopic (exact) mass is 290 g/mol. The number of sulfonamides is 1. The third kappa shape index (κ3) is 4.13. The van der Waals surface area contributed by atoms with E-state index < -0.39 is 10.0 Å². The zero-order chi connectivity index (χ0) is 13.9. The molecule has 1 atom stereocenters. The fourth-order valence-corrected chi connectivity index (χ4v) is 4.13. The lowest BCUT2D eigenvalue weighted by Crippen LogP contribution is -2.53. The van der Waals surface area contributed by atoms with Gasteiger partial charge in [-0.25, -0.2) is 8.42 Å². The molecule has 0 aromatic rings. The van der Waals surface area contributed by atoms with Gasteiger partial charge in [-0.05, 0) is 14.0 Å². The van der Waals surface area contributed by atoms with Crippen LogP contribution >= 0.6 is 0 Å². The van der Waals surface area contributed by atoms with Crippen molar-refractivity contribution in [3.63, 3.8) is 0 Å². The lowest BCUT2D eigenvalue weighted by molar-refractivity contribution is 0.159. The van der Waals surface area contributed by atoms with Crippen molar-refractivity contribution in [2.24, 2.45) is 0 Å². The zero-order valence-corrected chi connectivity index (χ0v) is 12.8. The molecule has 0 bridgehead atoms. The molecule has 2 saturated heterocycles. The van der Waals surface area contributed by atoms with Crippen molar-refractivity contribution in [1.29, 1.82) is 0 Å². The number of nitrogens with zero attached hydrogens (tertiary/aromatic N) is 3. The fourth-order valence-electron chi connectivity index (χ4n) is 2.58. The number of nitrogens with one attached hydrogen (secondary N) is 1. The van der Waals surface area contributed by atoms with Gasteiger partial charge in [-0.1, -0.05) is 0 Å². The van der Waals surface area contributed by atoms with Crippen molar-refractivity contribution in [3.05, 3.63) is 0 Å². The molecule has 2 fully saturated rings. The Bertz CT molecular complexity index is 381. The van der Waals surface area contributed by atoms with E-state index in [2.05, 4.69) is 29.1 Å². The number of hydrogen-bond donors (Lipinski definition) is 1. The van der Waals surface area contributed by atoms with Crippen LogP contribution in [-0.2, 0) is 10.0 Å². The molecule has 0 saturated carbocycles. The van der Waals surface area contributed by atoms with Gasteiger partial charge in [0.25, 0.3) is 0 Å². The highest BCUT2D eigenvalue weighted by molar-refractivity contribution is 7.89. The van der Waals surface area contributed by atoms with Gasteiger partial charge in [-0.15, -0.1) is 0 Å². The summed E-state index contributed by atoms with van der Waals surface area (Å²) in [6.07, 6.45) is 0. The minimum atomic E-state index is -3.09. The van der Waals surface area contributed by atoms with E-state index in [1.54, 1.807) is 4.31 Å². The summed E-state index contributed by atoms with van der Waals surface area (Å²) >= 11 is 0. The normalized spacial score (nSPS) is 28.6. The van der Waals surface area contributed by atoms with Gasteiger partial charge >= 0.3 is 0 Å². The van der Waals surface area contributed by atoms with Crippen molar-refractivity contribution in [3.8, 4) is 0 Å². The van der Waals surface area contributed by atoms with Gasteiger partial charge in [0, 0.05) is 58.4 Å². The average molecular weight is 290 g/mol. The summed E-state index contributed by atoms with van der Waals surface area (Å²) in [7, 11) is -1.04. The van der Waals surface area contributed by atoms with Gasteiger partial charge < -0.3 is 10.2 Å². The van der Waals surface area contributed by atoms with Gasteiger partial charge in [0.15, 0.2) is 0 Å². The molecule has 2 rings (SSSR count). The second-order valence-electron chi connectivity index (χ2n) is 5.60. The quantitative estimate of drug-likeness (QED) is 0.709. The lowest BCUT2D eigenvalue weighted by Gasteiger charge is -2.37. The topological polar surface area (TPSA) is 55.9 Å². The standard InChI is InChI=1S/C12H26N4O2S/c1-12-11-16(8-7-14(12)2)19(17,18)10-9-15-5-3-13-4-6-15/h12-13H,3-11H2,1-2H3. The molecule has 0 spiro atoms. The van der Waals surface area contributed by atoms with Gasteiger partial charge in [-0.2, -0.15) is 4.31 Å². The van der Waals surface area contributed by atoms with E-state index in [1.807, 2.05) is 0 Å². The van der Waals surface area contributed by atoms with Gasteiger partial charge in [0.2, 0.25) is 10.0 Å². The van der Waals surface area contributed by atoms with Gasteiger partial charge in [0.1, 0.15) is 0 Å². The number of hydrogen-bond acceptors (Lipinski definition) is 5. The molecule has 0 aliphatic carbocycles. The molecule has 0 aromatic heterocycles. The predicted molar refractivity (Wildman–Crippen MR) is 76.8 cm³/mol. The van der Waals surface area contributed by atoms with Gasteiger partial charge in [0.05, 0.1) is 5.75 Å². The van der Waals surface area contributed by atoms with E-state index in [0.717, 1.165) is 32.7 Å². The molecule has 6 nitrogen and oxygen atoms in total. The summed E-state index contributed by atoms with van der Waals surface area (Å²) in [4.78, 5) is 4.44. The van der Waals surface area contributed by atoms with E-state index >= 15 is 0 Å². The second kappa shape index (κ2) is 6.49. The largest absolute Gasteiger partial charge is 0.314 e. The van der Waals surface area contributed by atoms with Crippen molar-refractivity contribution >= 4 is 10.0 Å². The van der Waals surface area contributed by atoms with Crippen LogP contribution in [0.2, 0.25) is 0 Å². The molecule has 0 amide bonds. The van der Waals surface area contributed by atoms with Crippen LogP contribution < -0.4 is 5.32 Å². The summed E-state index contributed by atoms with van der Waals surface area (Å²) in [6.45, 7) is 8.66. The van der Waals surface area contributed by atoms with Crippen LogP contribution in [0.1, 0.15) is 6.92 Å². The van der Waals surface area contributed by atoms with Crippen LogP contribution in [0.5, 0.6) is 0 Å². The molecule has 1 unspecified atom stereocenters. The molecule has 1 N–H and O–H groups in total. The second-order valence-corrected chi connectivity index (χ2v) is 7.68. The first kappa shape index (κ1) is 15.2. The number of likely N-dealkylation sites (N-methyl/N-ethyl adjacent to an activating group) is 1. The maximum absolute atomic E-state index is 12.3. The first-order valence-electron chi connectivity index (χ1n) is 7.10. The molecule has 112 valence electrons. The Hall–Kier alpha value is -0.210. The van der Waals surface area contributed by atoms with Crippen LogP contribution in [0.25, 0.3) is 0 Å². The summed E-state index contributed by atoms with van der Waals surface area (Å²) in [5, 5.41) is 3.28. The Morgan fingerprint density at radius 2 is 1.84 bits per heavy atom. The predicted octanol–water partition coefficient (Wildman–Crippen LogP) is -1.14. The Morgan fingerprint density at radius 3 is 2.47 bits per heavy atom. The van der Waals surface area contributed by atoms with Crippen LogP contribution in [-0.4, -0.2) is 93.7 Å². The summed E-state index contributed by atoms with van der Waals surface area (Å²) < 4.78 is 26.4. The van der Waals surface area contributed by atoms with Crippen LogP contribution in [0.15, 0.2) is 0 Å². The molecule has 2 aliphatic heterocycles. The van der Waals surface area contributed by atoms with Crippen molar-refractivity contribution < 1.29 is 8.42 Å². The van der Waals surface area contributed by atoms with Crippen molar-refractivity contribution in [2.75, 3.05) is 65.2 Å². The number of piperazine rings is 2. The summed E-state index contributed by atoms with van der Waals surface area (Å²) in [5.74, 6) is 0.253. The maximum atomic E-state index is 12.3. The maximum Gasteiger partial charge on any atom is 0.215 e. The third-order valence-electron chi connectivity index (χ3n) is 4.19. The Balaban J connectivity index is 1.84. The zero-order valence-electron chi connectivity index (χ0n) is 12.0. The molecule has 2 aliphatic rings. The Kier molecular flexibility index (Phi) is 5.19. The molecular formula is C12H26N4O2S. The lowest BCUT2D eigenvalue weighted by atomic mass is 10.2. The minimum Gasteiger partial charge on any atom is -0.314 e. The highest BCUT2D eigenvalue weighted by Gasteiger charge is 2.29. The van der Waals surface area contributed by atoms with Gasteiger partial charge in [-0.3, -0.25) is 4.90 Å². The van der Waals surface area contributed by atoms with E-state index in [4.69, 9.17) is 0 Å². The van der Waals surface area contributed by atoms with Crippen LogP contribution in [0, 0.1) is 0 Å². The van der Waals surface area contributed by atoms with Crippen molar-refractivity contribution in [2.45, 2.75) is 13.0 Å². The minimum absolute atomic E-state index is 0.253. The van der Waals surface area contributed by atoms with E-state index in [1.165, 1.54) is 0 Å². The smallest absolute Gasteiger partial charge is 0.215 e. The molecular weight excluding hydrogens is 264 g/mol.